The van der Waals surface area contributed by atoms with Crippen molar-refractivity contribution in [2.75, 3.05) is 13.7 Å². The highest BCUT2D eigenvalue weighted by atomic mass is 31.2. The SMILES string of the molecule is COC(C)O[C@@H]1[C@H](OP(=O)(O)O)[C@@H](CO)O[C@H]1n1cc(C)c(=O)[nH]c1=O. The molecule has 0 spiro atoms. The largest absolute Gasteiger partial charge is 0.470 e. The summed E-state index contributed by atoms with van der Waals surface area (Å²) in [5, 5.41) is 9.49. The van der Waals surface area contributed by atoms with Gasteiger partial charge in [-0.15, -0.1) is 0 Å². The van der Waals surface area contributed by atoms with Crippen molar-refractivity contribution in [2.45, 2.75) is 44.7 Å². The van der Waals surface area contributed by atoms with E-state index in [0.29, 0.717) is 0 Å². The van der Waals surface area contributed by atoms with Crippen molar-refractivity contribution < 1.29 is 38.2 Å². The first kappa shape index (κ1) is 20.9. The summed E-state index contributed by atoms with van der Waals surface area (Å²) in [5.41, 5.74) is -1.21. The minimum absolute atomic E-state index is 0.201. The van der Waals surface area contributed by atoms with Gasteiger partial charge < -0.3 is 29.1 Å². The number of nitrogens with one attached hydrogen (secondary N) is 1. The van der Waals surface area contributed by atoms with Crippen LogP contribution in [0.15, 0.2) is 15.8 Å². The molecule has 0 aromatic carbocycles. The minimum Gasteiger partial charge on any atom is -0.394 e. The van der Waals surface area contributed by atoms with Crippen LogP contribution in [0.1, 0.15) is 18.7 Å². The average Bonchev–Trinajstić information content (AvgIpc) is 2.86. The van der Waals surface area contributed by atoms with E-state index in [9.17, 15) is 19.3 Å². The van der Waals surface area contributed by atoms with Gasteiger partial charge in [0.15, 0.2) is 12.5 Å². The molecule has 0 aliphatic carbocycles. The summed E-state index contributed by atoms with van der Waals surface area (Å²) in [4.78, 5) is 44.1. The van der Waals surface area contributed by atoms with Gasteiger partial charge in [-0.25, -0.2) is 9.36 Å². The molecule has 5 atom stereocenters. The second kappa shape index (κ2) is 8.11. The van der Waals surface area contributed by atoms with Gasteiger partial charge in [-0.2, -0.15) is 0 Å². The van der Waals surface area contributed by atoms with Crippen LogP contribution >= 0.6 is 7.82 Å². The first-order chi connectivity index (χ1) is 12.1. The number of phosphoric ester groups is 1. The van der Waals surface area contributed by atoms with Crippen LogP contribution in [0.5, 0.6) is 0 Å². The lowest BCUT2D eigenvalue weighted by atomic mass is 10.1. The Bertz CT molecular complexity index is 786. The highest BCUT2D eigenvalue weighted by Crippen LogP contribution is 2.44. The number of nitrogens with zero attached hydrogens (tertiary/aromatic N) is 1. The van der Waals surface area contributed by atoms with E-state index in [1.54, 1.807) is 0 Å². The minimum atomic E-state index is -4.96. The summed E-state index contributed by atoms with van der Waals surface area (Å²) < 4.78 is 33.1. The highest BCUT2D eigenvalue weighted by Gasteiger charge is 2.50. The summed E-state index contributed by atoms with van der Waals surface area (Å²) in [5.74, 6) is 0. The lowest BCUT2D eigenvalue weighted by Gasteiger charge is -2.27. The molecule has 1 fully saturated rings. The number of phosphoric acid groups is 1. The Balaban J connectivity index is 2.49. The Kier molecular flexibility index (Phi) is 6.53. The molecule has 2 rings (SSSR count). The third-order valence-corrected chi connectivity index (χ3v) is 4.34. The van der Waals surface area contributed by atoms with E-state index in [1.165, 1.54) is 27.2 Å². The molecular weight excluding hydrogens is 375 g/mol. The Morgan fingerprint density at radius 1 is 1.38 bits per heavy atom. The summed E-state index contributed by atoms with van der Waals surface area (Å²) in [6.07, 6.45) is -4.68. The van der Waals surface area contributed by atoms with Crippen LogP contribution in [0.2, 0.25) is 0 Å². The number of aromatic nitrogens is 2. The molecule has 148 valence electrons. The number of hydrogen-bond donors (Lipinski definition) is 4. The molecule has 1 unspecified atom stereocenters. The summed E-state index contributed by atoms with van der Waals surface area (Å²) >= 11 is 0. The van der Waals surface area contributed by atoms with Crippen molar-refractivity contribution >= 4 is 7.82 Å². The molecule has 13 heteroatoms. The quantitative estimate of drug-likeness (QED) is 0.317. The zero-order valence-corrected chi connectivity index (χ0v) is 15.2. The number of aliphatic hydroxyl groups is 1. The monoisotopic (exact) mass is 396 g/mol. The van der Waals surface area contributed by atoms with Gasteiger partial charge >= 0.3 is 13.5 Å². The van der Waals surface area contributed by atoms with Gasteiger partial charge in [0.2, 0.25) is 0 Å². The third-order valence-electron chi connectivity index (χ3n) is 3.83. The molecule has 1 aliphatic heterocycles. The Labute approximate surface area is 147 Å². The fourth-order valence-corrected chi connectivity index (χ4v) is 3.13. The summed E-state index contributed by atoms with van der Waals surface area (Å²) in [7, 11) is -3.62. The standard InChI is InChI=1S/C13H21N2O10P/c1-6-4-15(13(18)14-11(6)17)12-10(23-7(2)22-3)9(8(5-16)24-12)25-26(19,20)21/h4,7-10,12,16H,5H2,1-3H3,(H,14,17,18)(H2,19,20,21)/t7?,8-,9-,10-,12-/m1/s1. The van der Waals surface area contributed by atoms with Crippen molar-refractivity contribution in [1.29, 1.82) is 0 Å². The van der Waals surface area contributed by atoms with E-state index < -0.39 is 56.5 Å². The van der Waals surface area contributed by atoms with E-state index in [-0.39, 0.29) is 5.56 Å². The van der Waals surface area contributed by atoms with Crippen molar-refractivity contribution in [2.24, 2.45) is 0 Å². The Morgan fingerprint density at radius 2 is 2.04 bits per heavy atom. The van der Waals surface area contributed by atoms with Crippen molar-refractivity contribution in [1.82, 2.24) is 9.55 Å². The predicted octanol–water partition coefficient (Wildman–Crippen LogP) is -1.41. The maximum absolute atomic E-state index is 12.2. The molecule has 0 saturated carbocycles. The molecule has 4 N–H and O–H groups in total. The van der Waals surface area contributed by atoms with E-state index in [0.717, 1.165) is 4.57 Å². The van der Waals surface area contributed by atoms with Gasteiger partial charge in [-0.3, -0.25) is 18.9 Å². The normalized spacial score (nSPS) is 27.6. The lowest BCUT2D eigenvalue weighted by Crippen LogP contribution is -2.42. The first-order valence-corrected chi connectivity index (χ1v) is 9.11. The number of ether oxygens (including phenoxy) is 3. The van der Waals surface area contributed by atoms with Crippen molar-refractivity contribution in [3.8, 4) is 0 Å². The number of aliphatic hydroxyl groups excluding tert-OH is 1. The summed E-state index contributed by atoms with van der Waals surface area (Å²) in [6.45, 7) is 2.32. The van der Waals surface area contributed by atoms with E-state index in [1.807, 2.05) is 0 Å². The molecule has 1 aromatic rings. The Morgan fingerprint density at radius 3 is 2.58 bits per heavy atom. The first-order valence-electron chi connectivity index (χ1n) is 7.58. The molecule has 0 radical (unpaired) electrons. The van der Waals surface area contributed by atoms with Crippen LogP contribution in [-0.2, 0) is 23.3 Å². The molecule has 0 bridgehead atoms. The fourth-order valence-electron chi connectivity index (χ4n) is 2.56. The molecule has 26 heavy (non-hydrogen) atoms. The van der Waals surface area contributed by atoms with Gasteiger partial charge in [-0.1, -0.05) is 0 Å². The van der Waals surface area contributed by atoms with E-state index >= 15 is 0 Å². The maximum Gasteiger partial charge on any atom is 0.470 e. The lowest BCUT2D eigenvalue weighted by molar-refractivity contribution is -0.181. The highest BCUT2D eigenvalue weighted by molar-refractivity contribution is 7.46. The molecule has 0 amide bonds. The zero-order chi connectivity index (χ0) is 19.6. The van der Waals surface area contributed by atoms with Crippen LogP contribution in [0.4, 0.5) is 0 Å². The molecule has 1 aliphatic rings. The second-order valence-corrected chi connectivity index (χ2v) is 6.88. The van der Waals surface area contributed by atoms with Crippen LogP contribution in [0.3, 0.4) is 0 Å². The molecular formula is C13H21N2O10P. The summed E-state index contributed by atoms with van der Waals surface area (Å²) in [6, 6.07) is 0. The maximum atomic E-state index is 12.2. The van der Waals surface area contributed by atoms with E-state index in [2.05, 4.69) is 4.98 Å². The number of methoxy groups -OCH3 is 1. The molecule has 1 aromatic heterocycles. The Hall–Kier alpha value is -1.37. The average molecular weight is 396 g/mol. The second-order valence-electron chi connectivity index (χ2n) is 5.69. The van der Waals surface area contributed by atoms with Gasteiger partial charge in [0.05, 0.1) is 6.61 Å². The van der Waals surface area contributed by atoms with E-state index in [4.69, 9.17) is 28.5 Å². The van der Waals surface area contributed by atoms with Crippen LogP contribution in [0.25, 0.3) is 0 Å². The third kappa shape index (κ3) is 4.67. The van der Waals surface area contributed by atoms with Crippen molar-refractivity contribution in [3.63, 3.8) is 0 Å². The van der Waals surface area contributed by atoms with Gasteiger partial charge in [0.25, 0.3) is 5.56 Å². The van der Waals surface area contributed by atoms with Gasteiger partial charge in [-0.05, 0) is 13.8 Å². The smallest absolute Gasteiger partial charge is 0.394 e. The van der Waals surface area contributed by atoms with Crippen LogP contribution < -0.4 is 11.2 Å². The number of aryl methyl sites for hydroxylation is 1. The molecule has 1 saturated heterocycles. The van der Waals surface area contributed by atoms with Gasteiger partial charge in [0.1, 0.15) is 18.3 Å². The van der Waals surface area contributed by atoms with Gasteiger partial charge in [0, 0.05) is 18.9 Å². The molecule has 12 nitrogen and oxygen atoms in total. The zero-order valence-electron chi connectivity index (χ0n) is 14.3. The number of hydrogen-bond acceptors (Lipinski definition) is 8. The predicted molar refractivity (Wildman–Crippen MR) is 85.3 cm³/mol. The molecule has 2 heterocycles. The topological polar surface area (TPSA) is 170 Å². The number of aromatic amines is 1. The van der Waals surface area contributed by atoms with Crippen LogP contribution in [-0.4, -0.2) is 62.8 Å². The fraction of sp³-hybridized carbons (Fsp3) is 0.692. The van der Waals surface area contributed by atoms with Crippen LogP contribution in [0, 0.1) is 6.92 Å². The van der Waals surface area contributed by atoms with Crippen molar-refractivity contribution in [3.05, 3.63) is 32.6 Å². The number of H-pyrrole nitrogens is 1. The number of rotatable bonds is 7.